The van der Waals surface area contributed by atoms with Gasteiger partial charge in [0.25, 0.3) is 0 Å². The van der Waals surface area contributed by atoms with Gasteiger partial charge in [0.1, 0.15) is 19.8 Å². The van der Waals surface area contributed by atoms with Gasteiger partial charge in [-0.15, -0.1) is 0 Å². The summed E-state index contributed by atoms with van der Waals surface area (Å²) in [6, 6.07) is 0. The van der Waals surface area contributed by atoms with E-state index in [1.807, 2.05) is 0 Å². The molecule has 0 heterocycles. The molecule has 0 amide bonds. The third-order valence-electron chi connectivity index (χ3n) is 1.66. The number of hydrogen-bond acceptors (Lipinski definition) is 0. The number of rotatable bonds is 6. The molecule has 0 atom stereocenters. The third-order valence-corrected chi connectivity index (χ3v) is 1.66. The normalized spacial score (nSPS) is 8.91. The fourth-order valence-corrected chi connectivity index (χ4v) is 0.875. The van der Waals surface area contributed by atoms with Crippen LogP contribution in [0.15, 0.2) is 0 Å². The fourth-order valence-electron chi connectivity index (χ4n) is 0.875. The van der Waals surface area contributed by atoms with Gasteiger partial charge < -0.3 is 12.4 Å². The van der Waals surface area contributed by atoms with E-state index in [9.17, 15) is 0 Å². The predicted molar refractivity (Wildman–Crippen MR) is 46.9 cm³/mol. The van der Waals surface area contributed by atoms with Gasteiger partial charge in [-0.1, -0.05) is 26.7 Å². The Labute approximate surface area is 76.9 Å². The minimum atomic E-state index is 0. The van der Waals surface area contributed by atoms with E-state index in [1.54, 1.807) is 0 Å². The van der Waals surface area contributed by atoms with Crippen molar-refractivity contribution in [3.05, 3.63) is 0 Å². The topological polar surface area (TPSA) is 3.01 Å². The molecule has 0 saturated heterocycles. The molecule has 0 aliphatic carbocycles. The van der Waals surface area contributed by atoms with Gasteiger partial charge in [-0.25, -0.2) is 4.58 Å². The van der Waals surface area contributed by atoms with Gasteiger partial charge in [0.05, 0.1) is 0 Å². The second-order valence-corrected chi connectivity index (χ2v) is 2.83. The van der Waals surface area contributed by atoms with Crippen LogP contribution in [0.2, 0.25) is 0 Å². The van der Waals surface area contributed by atoms with Gasteiger partial charge >= 0.3 is 0 Å². The molecule has 0 N–H and O–H groups in total. The molecule has 1 nitrogen and oxygen atoms in total. The maximum atomic E-state index is 3.95. The quantitative estimate of drug-likeness (QED) is 0.373. The highest BCUT2D eigenvalue weighted by Gasteiger charge is 1.96. The molecule has 0 aromatic carbocycles. The molecule has 2 heteroatoms. The number of nitrogens with zero attached hydrogens (tertiary/aromatic N) is 1. The average molecular weight is 178 g/mol. The van der Waals surface area contributed by atoms with E-state index in [0.717, 1.165) is 13.1 Å². The monoisotopic (exact) mass is 177 g/mol. The lowest BCUT2D eigenvalue weighted by molar-refractivity contribution is -0.520. The molecule has 68 valence electrons. The van der Waals surface area contributed by atoms with Gasteiger partial charge in [-0.3, -0.25) is 0 Å². The zero-order chi connectivity index (χ0) is 7.82. The molecule has 0 saturated carbocycles. The second kappa shape index (κ2) is 9.96. The summed E-state index contributed by atoms with van der Waals surface area (Å²) in [5.41, 5.74) is 0. The van der Waals surface area contributed by atoms with E-state index in [0.29, 0.717) is 0 Å². The predicted octanol–water partition coefficient (Wildman–Crippen LogP) is -0.696. The maximum Gasteiger partial charge on any atom is 0.142 e. The van der Waals surface area contributed by atoms with Gasteiger partial charge in [0.15, 0.2) is 0 Å². The molecule has 0 aromatic rings. The Kier molecular flexibility index (Phi) is 12.3. The number of unbranched alkanes of at least 4 members (excludes halogenated alkanes) is 2. The Hall–Kier alpha value is -0.0400. The van der Waals surface area contributed by atoms with Crippen molar-refractivity contribution in [3.63, 3.8) is 0 Å². The Morgan fingerprint density at radius 1 is 1.00 bits per heavy atom. The van der Waals surface area contributed by atoms with Crippen LogP contribution in [0.1, 0.15) is 39.5 Å². The highest BCUT2D eigenvalue weighted by molar-refractivity contribution is 5.14. The van der Waals surface area contributed by atoms with Crippen molar-refractivity contribution in [3.8, 4) is 0 Å². The van der Waals surface area contributed by atoms with Crippen LogP contribution in [0.5, 0.6) is 0 Å². The van der Waals surface area contributed by atoms with Crippen molar-refractivity contribution in [1.82, 2.24) is 0 Å². The summed E-state index contributed by atoms with van der Waals surface area (Å²) in [7, 11) is 0. The SMILES string of the molecule is C=[N+](CCCC)CCCC.[Cl-]. The zero-order valence-electron chi connectivity index (χ0n) is 7.77. The third kappa shape index (κ3) is 9.96. The maximum absolute atomic E-state index is 3.95. The van der Waals surface area contributed by atoms with Crippen LogP contribution in [-0.2, 0) is 0 Å². The molecule has 0 aliphatic heterocycles. The van der Waals surface area contributed by atoms with Crippen molar-refractivity contribution in [2.45, 2.75) is 39.5 Å². The molecule has 0 spiro atoms. The summed E-state index contributed by atoms with van der Waals surface area (Å²) in [6.07, 6.45) is 5.12. The highest BCUT2D eigenvalue weighted by atomic mass is 35.5. The van der Waals surface area contributed by atoms with E-state index in [1.165, 1.54) is 25.7 Å². The van der Waals surface area contributed by atoms with Gasteiger partial charge in [-0.05, 0) is 0 Å². The van der Waals surface area contributed by atoms with E-state index in [-0.39, 0.29) is 12.4 Å². The first-order chi connectivity index (χ1) is 4.81. The van der Waals surface area contributed by atoms with Crippen LogP contribution < -0.4 is 12.4 Å². The first-order valence-corrected chi connectivity index (χ1v) is 4.36. The van der Waals surface area contributed by atoms with E-state index in [2.05, 4.69) is 25.1 Å². The van der Waals surface area contributed by atoms with Gasteiger partial charge in [-0.2, -0.15) is 0 Å². The summed E-state index contributed by atoms with van der Waals surface area (Å²) in [4.78, 5) is 0. The van der Waals surface area contributed by atoms with Gasteiger partial charge in [0, 0.05) is 12.8 Å². The molecule has 0 unspecified atom stereocenters. The van der Waals surface area contributed by atoms with Crippen molar-refractivity contribution in [1.29, 1.82) is 0 Å². The lowest BCUT2D eigenvalue weighted by Gasteiger charge is -1.98. The minimum absolute atomic E-state index is 0. The summed E-state index contributed by atoms with van der Waals surface area (Å²) >= 11 is 0. The highest BCUT2D eigenvalue weighted by Crippen LogP contribution is 1.90. The molecular formula is C9H20ClN. The molecule has 11 heavy (non-hydrogen) atoms. The van der Waals surface area contributed by atoms with E-state index >= 15 is 0 Å². The van der Waals surface area contributed by atoms with Crippen LogP contribution in [0.4, 0.5) is 0 Å². The molecule has 0 bridgehead atoms. The van der Waals surface area contributed by atoms with Crippen molar-refractivity contribution in [2.24, 2.45) is 0 Å². The second-order valence-electron chi connectivity index (χ2n) is 2.83. The zero-order valence-corrected chi connectivity index (χ0v) is 8.53. The molecule has 0 aliphatic rings. The van der Waals surface area contributed by atoms with Gasteiger partial charge in [0.2, 0.25) is 0 Å². The largest absolute Gasteiger partial charge is 1.00 e. The molecule has 0 aromatic heterocycles. The summed E-state index contributed by atoms with van der Waals surface area (Å²) in [5.74, 6) is 0. The average Bonchev–Trinajstić information content (AvgIpc) is 1.97. The Morgan fingerprint density at radius 3 is 1.64 bits per heavy atom. The first kappa shape index (κ1) is 13.5. The summed E-state index contributed by atoms with van der Waals surface area (Å²) < 4.78 is 2.17. The molecule has 0 radical (unpaired) electrons. The van der Waals surface area contributed by atoms with Crippen LogP contribution in [0, 0.1) is 0 Å². The number of hydrogen-bond donors (Lipinski definition) is 0. The lowest BCUT2D eigenvalue weighted by atomic mass is 10.3. The van der Waals surface area contributed by atoms with Crippen LogP contribution >= 0.6 is 0 Å². The lowest BCUT2D eigenvalue weighted by Crippen LogP contribution is -3.00. The fraction of sp³-hybridized carbons (Fsp3) is 0.889. The molecular weight excluding hydrogens is 158 g/mol. The summed E-state index contributed by atoms with van der Waals surface area (Å²) in [6.45, 7) is 10.7. The van der Waals surface area contributed by atoms with Crippen LogP contribution in [0.25, 0.3) is 0 Å². The van der Waals surface area contributed by atoms with E-state index in [4.69, 9.17) is 0 Å². The number of halogens is 1. The summed E-state index contributed by atoms with van der Waals surface area (Å²) in [5, 5.41) is 0. The van der Waals surface area contributed by atoms with Crippen molar-refractivity contribution >= 4 is 6.72 Å². The minimum Gasteiger partial charge on any atom is -1.00 e. The first-order valence-electron chi connectivity index (χ1n) is 4.36. The standard InChI is InChI=1S/C9H20N.ClH/c1-4-6-8-10(3)9-7-5-2;/h3-9H2,1-2H3;1H/q+1;/p-1. The molecule has 0 fully saturated rings. The van der Waals surface area contributed by atoms with Crippen LogP contribution in [-0.4, -0.2) is 24.4 Å². The van der Waals surface area contributed by atoms with E-state index < -0.39 is 0 Å². The van der Waals surface area contributed by atoms with Crippen molar-refractivity contribution in [2.75, 3.05) is 13.1 Å². The van der Waals surface area contributed by atoms with Crippen molar-refractivity contribution < 1.29 is 17.0 Å². The Bertz CT molecular complexity index is 81.6. The Morgan fingerprint density at radius 2 is 1.36 bits per heavy atom. The smallest absolute Gasteiger partial charge is 0.142 e. The van der Waals surface area contributed by atoms with Crippen LogP contribution in [0.3, 0.4) is 0 Å². The Balaban J connectivity index is 0. The molecule has 0 rings (SSSR count).